The van der Waals surface area contributed by atoms with Crippen LogP contribution in [0.25, 0.3) is 22.3 Å². The summed E-state index contributed by atoms with van der Waals surface area (Å²) in [6.07, 6.45) is 1.73. The highest BCUT2D eigenvalue weighted by molar-refractivity contribution is 6.31. The van der Waals surface area contributed by atoms with Gasteiger partial charge in [-0.25, -0.2) is 4.39 Å². The molecule has 0 saturated heterocycles. The number of nitrogens with one attached hydrogen (secondary N) is 2. The van der Waals surface area contributed by atoms with Gasteiger partial charge in [0, 0.05) is 28.1 Å². The Morgan fingerprint density at radius 1 is 1.15 bits per heavy atom. The number of fused-ring (bicyclic) bond motifs is 1. The van der Waals surface area contributed by atoms with Crippen molar-refractivity contribution in [3.8, 4) is 11.4 Å². The first-order valence-corrected chi connectivity index (χ1v) is 8.10. The lowest BCUT2D eigenvalue weighted by molar-refractivity contribution is 0.613. The lowest BCUT2D eigenvalue weighted by Gasteiger charge is -2.09. The van der Waals surface area contributed by atoms with E-state index in [2.05, 4.69) is 30.5 Å². The number of nitrogens with two attached hydrogens (primary N) is 1. The highest BCUT2D eigenvalue weighted by atomic mass is 35.5. The molecule has 26 heavy (non-hydrogen) atoms. The first-order chi connectivity index (χ1) is 12.6. The molecule has 2 heterocycles. The SMILES string of the molecule is Nc1nc(NCc2c(F)cccc2Cl)nc(-c2ccc3cn[nH]c3c2)n1. The van der Waals surface area contributed by atoms with Gasteiger partial charge in [-0.15, -0.1) is 0 Å². The number of nitrogen functional groups attached to an aromatic ring is 1. The van der Waals surface area contributed by atoms with E-state index in [0.717, 1.165) is 16.5 Å². The molecule has 4 aromatic rings. The van der Waals surface area contributed by atoms with E-state index in [9.17, 15) is 4.39 Å². The van der Waals surface area contributed by atoms with Gasteiger partial charge in [0.25, 0.3) is 0 Å². The minimum atomic E-state index is -0.406. The molecule has 0 unspecified atom stereocenters. The molecule has 0 bridgehead atoms. The number of aromatic nitrogens is 5. The third kappa shape index (κ3) is 3.14. The van der Waals surface area contributed by atoms with Crippen molar-refractivity contribution in [2.45, 2.75) is 6.54 Å². The molecule has 0 fully saturated rings. The largest absolute Gasteiger partial charge is 0.368 e. The number of aromatic amines is 1. The Balaban J connectivity index is 1.63. The zero-order valence-electron chi connectivity index (χ0n) is 13.4. The smallest absolute Gasteiger partial charge is 0.228 e. The van der Waals surface area contributed by atoms with Crippen LogP contribution in [0.3, 0.4) is 0 Å². The van der Waals surface area contributed by atoms with Gasteiger partial charge in [0.15, 0.2) is 5.82 Å². The van der Waals surface area contributed by atoms with Crippen LogP contribution in [0.1, 0.15) is 5.56 Å². The monoisotopic (exact) mass is 369 g/mol. The maximum Gasteiger partial charge on any atom is 0.228 e. The zero-order chi connectivity index (χ0) is 18.1. The highest BCUT2D eigenvalue weighted by Crippen LogP contribution is 2.23. The minimum Gasteiger partial charge on any atom is -0.368 e. The molecule has 2 aromatic heterocycles. The van der Waals surface area contributed by atoms with E-state index in [1.807, 2.05) is 18.2 Å². The summed E-state index contributed by atoms with van der Waals surface area (Å²) in [5.74, 6) is 0.284. The number of H-pyrrole nitrogens is 1. The fraction of sp³-hybridized carbons (Fsp3) is 0.0588. The molecule has 4 N–H and O–H groups in total. The van der Waals surface area contributed by atoms with E-state index in [4.69, 9.17) is 17.3 Å². The van der Waals surface area contributed by atoms with Crippen LogP contribution in [0.15, 0.2) is 42.6 Å². The van der Waals surface area contributed by atoms with Gasteiger partial charge in [0.05, 0.1) is 11.7 Å². The third-order valence-corrected chi connectivity index (χ3v) is 4.19. The third-order valence-electron chi connectivity index (χ3n) is 3.84. The zero-order valence-corrected chi connectivity index (χ0v) is 14.1. The predicted octanol–water partition coefficient (Wildman–Crippen LogP) is 3.40. The molecule has 0 radical (unpaired) electrons. The summed E-state index contributed by atoms with van der Waals surface area (Å²) in [5.41, 5.74) is 7.73. The number of benzene rings is 2. The van der Waals surface area contributed by atoms with E-state index in [0.29, 0.717) is 16.4 Å². The molecule has 2 aromatic carbocycles. The number of anilines is 2. The van der Waals surface area contributed by atoms with Crippen molar-refractivity contribution >= 4 is 34.4 Å². The summed E-state index contributed by atoms with van der Waals surface area (Å²) < 4.78 is 13.9. The first-order valence-electron chi connectivity index (χ1n) is 7.72. The molecule has 0 aliphatic heterocycles. The van der Waals surface area contributed by atoms with E-state index >= 15 is 0 Å². The van der Waals surface area contributed by atoms with Crippen molar-refractivity contribution in [3.05, 3.63) is 59.0 Å². The average Bonchev–Trinajstić information content (AvgIpc) is 3.08. The van der Waals surface area contributed by atoms with Crippen LogP contribution in [0, 0.1) is 5.82 Å². The summed E-state index contributed by atoms with van der Waals surface area (Å²) in [5, 5.41) is 11.1. The molecule has 4 rings (SSSR count). The molecule has 130 valence electrons. The number of nitrogens with zero attached hydrogens (tertiary/aromatic N) is 4. The van der Waals surface area contributed by atoms with Crippen molar-refractivity contribution in [1.82, 2.24) is 25.1 Å². The number of hydrogen-bond donors (Lipinski definition) is 3. The lowest BCUT2D eigenvalue weighted by Crippen LogP contribution is -2.09. The van der Waals surface area contributed by atoms with Crippen molar-refractivity contribution < 1.29 is 4.39 Å². The van der Waals surface area contributed by atoms with E-state index in [-0.39, 0.29) is 18.4 Å². The van der Waals surface area contributed by atoms with Gasteiger partial charge in [-0.3, -0.25) is 5.10 Å². The maximum atomic E-state index is 13.9. The first kappa shape index (κ1) is 16.2. The second-order valence-corrected chi connectivity index (χ2v) is 5.97. The van der Waals surface area contributed by atoms with Gasteiger partial charge < -0.3 is 11.1 Å². The molecular weight excluding hydrogens is 357 g/mol. The Kier molecular flexibility index (Phi) is 4.10. The molecule has 0 spiro atoms. The molecule has 0 aliphatic carbocycles. The Hall–Kier alpha value is -3.26. The van der Waals surface area contributed by atoms with Gasteiger partial charge >= 0.3 is 0 Å². The number of rotatable bonds is 4. The molecular formula is C17H13ClFN7. The molecule has 0 atom stereocenters. The Labute approximate surface area is 152 Å². The van der Waals surface area contributed by atoms with E-state index in [1.165, 1.54) is 6.07 Å². The van der Waals surface area contributed by atoms with Crippen LogP contribution in [0.2, 0.25) is 5.02 Å². The van der Waals surface area contributed by atoms with Gasteiger partial charge in [-0.05, 0) is 18.2 Å². The van der Waals surface area contributed by atoms with E-state index < -0.39 is 5.82 Å². The van der Waals surface area contributed by atoms with Gasteiger partial charge in [0.2, 0.25) is 11.9 Å². The van der Waals surface area contributed by atoms with Crippen LogP contribution < -0.4 is 11.1 Å². The van der Waals surface area contributed by atoms with E-state index in [1.54, 1.807) is 18.3 Å². The molecule has 0 saturated carbocycles. The fourth-order valence-electron chi connectivity index (χ4n) is 2.55. The molecule has 0 aliphatic rings. The summed E-state index contributed by atoms with van der Waals surface area (Å²) in [6, 6.07) is 10.1. The summed E-state index contributed by atoms with van der Waals surface area (Å²) in [6.45, 7) is 0.119. The quantitative estimate of drug-likeness (QED) is 0.509. The van der Waals surface area contributed by atoms with Crippen LogP contribution in [-0.4, -0.2) is 25.1 Å². The van der Waals surface area contributed by atoms with Crippen molar-refractivity contribution in [2.24, 2.45) is 0 Å². The Morgan fingerprint density at radius 2 is 2.04 bits per heavy atom. The fourth-order valence-corrected chi connectivity index (χ4v) is 2.78. The highest BCUT2D eigenvalue weighted by Gasteiger charge is 2.11. The number of halogens is 2. The summed E-state index contributed by atoms with van der Waals surface area (Å²) >= 11 is 6.03. The van der Waals surface area contributed by atoms with Crippen LogP contribution in [-0.2, 0) is 6.54 Å². The van der Waals surface area contributed by atoms with Gasteiger partial charge in [0.1, 0.15) is 5.82 Å². The second kappa shape index (κ2) is 6.57. The summed E-state index contributed by atoms with van der Waals surface area (Å²) in [7, 11) is 0. The average molecular weight is 370 g/mol. The van der Waals surface area contributed by atoms with Crippen LogP contribution in [0.5, 0.6) is 0 Å². The van der Waals surface area contributed by atoms with Crippen molar-refractivity contribution in [2.75, 3.05) is 11.1 Å². The molecule has 9 heteroatoms. The van der Waals surface area contributed by atoms with Crippen molar-refractivity contribution in [3.63, 3.8) is 0 Å². The van der Waals surface area contributed by atoms with Crippen molar-refractivity contribution in [1.29, 1.82) is 0 Å². The predicted molar refractivity (Wildman–Crippen MR) is 98.1 cm³/mol. The summed E-state index contributed by atoms with van der Waals surface area (Å²) in [4.78, 5) is 12.6. The maximum absolute atomic E-state index is 13.9. The Bertz CT molecular complexity index is 1080. The van der Waals surface area contributed by atoms with Crippen LogP contribution in [0.4, 0.5) is 16.3 Å². The standard InChI is InChI=1S/C17H13ClFN7/c18-12-2-1-3-13(19)11(12)8-21-17-24-15(23-16(20)25-17)9-4-5-10-7-22-26-14(10)6-9/h1-7H,8H2,(H,22,26)(H3,20,21,23,24,25). The molecule has 7 nitrogen and oxygen atoms in total. The Morgan fingerprint density at radius 3 is 2.88 bits per heavy atom. The minimum absolute atomic E-state index is 0.0573. The molecule has 0 amide bonds. The normalized spacial score (nSPS) is 11.0. The van der Waals surface area contributed by atoms with Gasteiger partial charge in [-0.2, -0.15) is 20.1 Å². The van der Waals surface area contributed by atoms with Gasteiger partial charge in [-0.1, -0.05) is 29.8 Å². The van der Waals surface area contributed by atoms with Crippen LogP contribution >= 0.6 is 11.6 Å². The topological polar surface area (TPSA) is 105 Å². The second-order valence-electron chi connectivity index (χ2n) is 5.57. The number of hydrogen-bond acceptors (Lipinski definition) is 6. The lowest BCUT2D eigenvalue weighted by atomic mass is 10.1.